The van der Waals surface area contributed by atoms with Gasteiger partial charge in [-0.1, -0.05) is 11.6 Å². The van der Waals surface area contributed by atoms with Crippen LogP contribution in [0.15, 0.2) is 18.2 Å². The summed E-state index contributed by atoms with van der Waals surface area (Å²) in [5.74, 6) is 0.790. The Bertz CT molecular complexity index is 799. The predicted octanol–water partition coefficient (Wildman–Crippen LogP) is 2.59. The van der Waals surface area contributed by atoms with Gasteiger partial charge in [0.15, 0.2) is 0 Å². The first kappa shape index (κ1) is 14.6. The van der Waals surface area contributed by atoms with Crippen LogP contribution in [-0.2, 0) is 0 Å². The number of benzene rings is 1. The van der Waals surface area contributed by atoms with Crippen molar-refractivity contribution in [1.82, 2.24) is 15.2 Å². The molecule has 0 radical (unpaired) electrons. The van der Waals surface area contributed by atoms with Gasteiger partial charge in [0, 0.05) is 36.8 Å². The number of aromatic nitrogens is 1. The number of fused-ring (bicyclic) bond motifs is 2. The lowest BCUT2D eigenvalue weighted by molar-refractivity contribution is 0.0739. The summed E-state index contributed by atoms with van der Waals surface area (Å²) in [6, 6.07) is 6.55. The fraction of sp³-hybridized carbons (Fsp3) is 0.474. The topological polar surface area (TPSA) is 45.2 Å². The van der Waals surface area contributed by atoms with E-state index in [1.807, 2.05) is 13.0 Å². The largest absolute Gasteiger partial charge is 0.334 e. The number of aryl methyl sites for hydroxylation is 3. The van der Waals surface area contributed by atoms with E-state index in [1.54, 1.807) is 0 Å². The number of pyridine rings is 1. The van der Waals surface area contributed by atoms with E-state index in [4.69, 9.17) is 0 Å². The number of carbonyl (C=O) groups excluding carboxylic acids is 1. The van der Waals surface area contributed by atoms with Crippen LogP contribution in [0.4, 0.5) is 0 Å². The highest BCUT2D eigenvalue weighted by atomic mass is 16.2. The molecule has 23 heavy (non-hydrogen) atoms. The second-order valence-corrected chi connectivity index (χ2v) is 7.06. The predicted molar refractivity (Wildman–Crippen MR) is 91.8 cm³/mol. The number of nitrogens with zero attached hydrogens (tertiary/aromatic N) is 2. The van der Waals surface area contributed by atoms with E-state index in [0.717, 1.165) is 53.8 Å². The molecular weight excluding hydrogens is 286 g/mol. The van der Waals surface area contributed by atoms with E-state index in [0.29, 0.717) is 12.0 Å². The van der Waals surface area contributed by atoms with Crippen molar-refractivity contribution in [2.24, 2.45) is 5.92 Å². The van der Waals surface area contributed by atoms with Crippen molar-refractivity contribution in [1.29, 1.82) is 0 Å². The molecule has 0 bridgehead atoms. The Balaban J connectivity index is 1.83. The van der Waals surface area contributed by atoms with E-state index in [9.17, 15) is 4.79 Å². The molecule has 1 amide bonds. The molecule has 2 aliphatic rings. The average Bonchev–Trinajstić information content (AvgIpc) is 3.09. The van der Waals surface area contributed by atoms with Gasteiger partial charge in [0.05, 0.1) is 11.1 Å². The van der Waals surface area contributed by atoms with Crippen LogP contribution >= 0.6 is 0 Å². The van der Waals surface area contributed by atoms with Gasteiger partial charge in [-0.25, -0.2) is 0 Å². The molecule has 120 valence electrons. The summed E-state index contributed by atoms with van der Waals surface area (Å²) in [7, 11) is 0. The van der Waals surface area contributed by atoms with E-state index in [1.165, 1.54) is 5.56 Å². The molecule has 4 heteroatoms. The van der Waals surface area contributed by atoms with Gasteiger partial charge in [0.1, 0.15) is 0 Å². The lowest BCUT2D eigenvalue weighted by Gasteiger charge is -2.24. The van der Waals surface area contributed by atoms with Crippen LogP contribution in [-0.4, -0.2) is 41.5 Å². The minimum absolute atomic E-state index is 0.168. The molecular formula is C19H23N3O. The third-order valence-electron chi connectivity index (χ3n) is 5.31. The zero-order valence-electron chi connectivity index (χ0n) is 14.0. The molecule has 2 aromatic rings. The molecule has 0 unspecified atom stereocenters. The normalized spacial score (nSPS) is 23.5. The first-order chi connectivity index (χ1) is 11.0. The average molecular weight is 309 g/mol. The minimum Gasteiger partial charge on any atom is -0.334 e. The number of amides is 1. The van der Waals surface area contributed by atoms with Gasteiger partial charge in [-0.05, 0) is 50.8 Å². The number of hydrogen-bond acceptors (Lipinski definition) is 3. The monoisotopic (exact) mass is 309 g/mol. The maximum atomic E-state index is 13.2. The van der Waals surface area contributed by atoms with Crippen molar-refractivity contribution in [2.75, 3.05) is 19.6 Å². The summed E-state index contributed by atoms with van der Waals surface area (Å²) in [5.41, 5.74) is 5.00. The van der Waals surface area contributed by atoms with Crippen molar-refractivity contribution in [3.8, 4) is 0 Å². The van der Waals surface area contributed by atoms with Crippen molar-refractivity contribution >= 4 is 16.8 Å². The first-order valence-electron chi connectivity index (χ1n) is 8.45. The Morgan fingerprint density at radius 1 is 1.22 bits per heavy atom. The van der Waals surface area contributed by atoms with Crippen molar-refractivity contribution < 1.29 is 4.79 Å². The van der Waals surface area contributed by atoms with Gasteiger partial charge >= 0.3 is 0 Å². The smallest absolute Gasteiger partial charge is 0.254 e. The number of hydrogen-bond donors (Lipinski definition) is 1. The summed E-state index contributed by atoms with van der Waals surface area (Å²) in [5, 5.41) is 4.41. The van der Waals surface area contributed by atoms with Crippen LogP contribution in [0.1, 0.15) is 33.6 Å². The summed E-state index contributed by atoms with van der Waals surface area (Å²) in [6.07, 6.45) is 1.11. The van der Waals surface area contributed by atoms with E-state index in [-0.39, 0.29) is 5.91 Å². The Morgan fingerprint density at radius 2 is 2.04 bits per heavy atom. The Labute approximate surface area is 136 Å². The number of likely N-dealkylation sites (tertiary alicyclic amines) is 1. The zero-order chi connectivity index (χ0) is 16.1. The number of carbonyl (C=O) groups is 1. The molecule has 0 spiro atoms. The molecule has 0 aliphatic carbocycles. The summed E-state index contributed by atoms with van der Waals surface area (Å²) >= 11 is 0. The van der Waals surface area contributed by atoms with Gasteiger partial charge in [-0.2, -0.15) is 0 Å². The molecule has 1 aromatic heterocycles. The maximum Gasteiger partial charge on any atom is 0.254 e. The van der Waals surface area contributed by atoms with Gasteiger partial charge in [0.25, 0.3) is 5.91 Å². The highest BCUT2D eigenvalue weighted by Gasteiger charge is 2.40. The van der Waals surface area contributed by atoms with E-state index < -0.39 is 0 Å². The summed E-state index contributed by atoms with van der Waals surface area (Å²) < 4.78 is 0. The van der Waals surface area contributed by atoms with E-state index in [2.05, 4.69) is 41.2 Å². The van der Waals surface area contributed by atoms with Crippen molar-refractivity contribution in [3.63, 3.8) is 0 Å². The standard InChI is InChI=1S/C19H23N3O/c1-11-6-12(2)18-15(7-11)16(8-13(3)21-18)19(23)22-5-4-14-9-20-10-17(14)22/h6-8,14,17,20H,4-5,9-10H2,1-3H3/t14-,17+/m0/s1. The van der Waals surface area contributed by atoms with Gasteiger partial charge < -0.3 is 10.2 Å². The summed E-state index contributed by atoms with van der Waals surface area (Å²) in [4.78, 5) is 20.0. The molecule has 4 rings (SSSR count). The SMILES string of the molecule is Cc1cc(C)c2nc(C)cc(C(=O)N3CC[C@H]4CNC[C@H]43)c2c1. The van der Waals surface area contributed by atoms with Crippen LogP contribution in [0.3, 0.4) is 0 Å². The third-order valence-corrected chi connectivity index (χ3v) is 5.31. The van der Waals surface area contributed by atoms with Crippen LogP contribution in [0.2, 0.25) is 0 Å². The lowest BCUT2D eigenvalue weighted by Crippen LogP contribution is -2.39. The second-order valence-electron chi connectivity index (χ2n) is 7.06. The highest BCUT2D eigenvalue weighted by molar-refractivity contribution is 6.07. The highest BCUT2D eigenvalue weighted by Crippen LogP contribution is 2.31. The number of rotatable bonds is 1. The van der Waals surface area contributed by atoms with Gasteiger partial charge in [-0.15, -0.1) is 0 Å². The summed E-state index contributed by atoms with van der Waals surface area (Å²) in [6.45, 7) is 8.97. The minimum atomic E-state index is 0.168. The van der Waals surface area contributed by atoms with Crippen LogP contribution in [0.5, 0.6) is 0 Å². The van der Waals surface area contributed by atoms with Crippen molar-refractivity contribution in [2.45, 2.75) is 33.2 Å². The molecule has 2 atom stereocenters. The molecule has 4 nitrogen and oxygen atoms in total. The van der Waals surface area contributed by atoms with E-state index >= 15 is 0 Å². The van der Waals surface area contributed by atoms with Crippen molar-refractivity contribution in [3.05, 3.63) is 40.6 Å². The fourth-order valence-corrected chi connectivity index (χ4v) is 4.24. The zero-order valence-corrected chi connectivity index (χ0v) is 14.0. The Hall–Kier alpha value is -1.94. The molecule has 0 saturated carbocycles. The molecule has 1 aromatic carbocycles. The third kappa shape index (κ3) is 2.32. The molecule has 2 saturated heterocycles. The van der Waals surface area contributed by atoms with Gasteiger partial charge in [-0.3, -0.25) is 9.78 Å². The molecule has 2 aliphatic heterocycles. The fourth-order valence-electron chi connectivity index (χ4n) is 4.24. The quantitative estimate of drug-likeness (QED) is 0.880. The first-order valence-corrected chi connectivity index (χ1v) is 8.45. The Morgan fingerprint density at radius 3 is 2.87 bits per heavy atom. The van der Waals surface area contributed by atoms with Crippen LogP contribution < -0.4 is 5.32 Å². The maximum absolute atomic E-state index is 13.2. The van der Waals surface area contributed by atoms with Gasteiger partial charge in [0.2, 0.25) is 0 Å². The molecule has 1 N–H and O–H groups in total. The van der Waals surface area contributed by atoms with Crippen LogP contribution in [0, 0.1) is 26.7 Å². The van der Waals surface area contributed by atoms with Crippen LogP contribution in [0.25, 0.3) is 10.9 Å². The second kappa shape index (κ2) is 5.31. The molecule has 2 fully saturated rings. The lowest BCUT2D eigenvalue weighted by atomic mass is 10.00. The number of nitrogens with one attached hydrogen (secondary N) is 1. The molecule has 3 heterocycles. The Kier molecular flexibility index (Phi) is 3.38.